The van der Waals surface area contributed by atoms with E-state index in [0.717, 1.165) is 12.8 Å². The Morgan fingerprint density at radius 1 is 1.00 bits per heavy atom. The molecule has 0 aromatic carbocycles. The molecule has 3 saturated carbocycles. The molecule has 3 N–H and O–H groups in total. The van der Waals surface area contributed by atoms with Crippen LogP contribution in [0.25, 0.3) is 0 Å². The third-order valence-electron chi connectivity index (χ3n) is 6.22. The number of amides is 1. The molecule has 3 aliphatic rings. The van der Waals surface area contributed by atoms with Gasteiger partial charge in [0.2, 0.25) is 5.91 Å². The number of nitrogens with two attached hydrogens (primary N) is 1. The number of hydrogen-bond acceptors (Lipinski definition) is 2. The quantitative estimate of drug-likeness (QED) is 0.816. The second kappa shape index (κ2) is 6.05. The largest absolute Gasteiger partial charge is 0.353 e. The molecule has 3 heteroatoms. The van der Waals surface area contributed by atoms with Crippen LogP contribution in [0.4, 0.5) is 0 Å². The average Bonchev–Trinajstić information content (AvgIpc) is 2.41. The normalized spacial score (nSPS) is 44.9. The monoisotopic (exact) mass is 278 g/mol. The molecule has 0 spiro atoms. The molecule has 0 saturated heterocycles. The van der Waals surface area contributed by atoms with Gasteiger partial charge in [-0.05, 0) is 56.3 Å². The minimum atomic E-state index is 0.235. The zero-order valence-corrected chi connectivity index (χ0v) is 12.8. The van der Waals surface area contributed by atoms with E-state index < -0.39 is 0 Å². The summed E-state index contributed by atoms with van der Waals surface area (Å²) < 4.78 is 0. The maximum Gasteiger partial charge on any atom is 0.223 e. The molecule has 20 heavy (non-hydrogen) atoms. The first-order chi connectivity index (χ1) is 9.65. The summed E-state index contributed by atoms with van der Waals surface area (Å²) in [5.41, 5.74) is 6.32. The average molecular weight is 278 g/mol. The Morgan fingerprint density at radius 2 is 1.65 bits per heavy atom. The van der Waals surface area contributed by atoms with Gasteiger partial charge in [-0.15, -0.1) is 0 Å². The highest BCUT2D eigenvalue weighted by Crippen LogP contribution is 2.42. The van der Waals surface area contributed by atoms with E-state index in [1.807, 2.05) is 0 Å². The van der Waals surface area contributed by atoms with E-state index in [4.69, 9.17) is 5.73 Å². The lowest BCUT2D eigenvalue weighted by Gasteiger charge is -2.44. The van der Waals surface area contributed by atoms with Crippen LogP contribution in [0, 0.1) is 23.7 Å². The van der Waals surface area contributed by atoms with Gasteiger partial charge in [-0.2, -0.15) is 0 Å². The zero-order valence-electron chi connectivity index (χ0n) is 12.8. The second-order valence-electron chi connectivity index (χ2n) is 7.57. The van der Waals surface area contributed by atoms with Crippen LogP contribution in [0.5, 0.6) is 0 Å². The Morgan fingerprint density at radius 3 is 2.30 bits per heavy atom. The molecule has 4 atom stereocenters. The van der Waals surface area contributed by atoms with Gasteiger partial charge < -0.3 is 11.1 Å². The number of nitrogens with one attached hydrogen (secondary N) is 1. The molecule has 3 fully saturated rings. The van der Waals surface area contributed by atoms with Crippen molar-refractivity contribution >= 4 is 5.91 Å². The highest BCUT2D eigenvalue weighted by atomic mass is 16.1. The summed E-state index contributed by atoms with van der Waals surface area (Å²) in [5, 5.41) is 3.36. The third kappa shape index (κ3) is 2.88. The lowest BCUT2D eigenvalue weighted by atomic mass is 9.65. The van der Waals surface area contributed by atoms with Gasteiger partial charge in [0.15, 0.2) is 0 Å². The van der Waals surface area contributed by atoms with Crippen LogP contribution in [0.1, 0.15) is 64.7 Å². The molecule has 0 aromatic heterocycles. The van der Waals surface area contributed by atoms with E-state index in [2.05, 4.69) is 12.2 Å². The van der Waals surface area contributed by atoms with Gasteiger partial charge in [-0.25, -0.2) is 0 Å². The van der Waals surface area contributed by atoms with Crippen LogP contribution in [-0.2, 0) is 4.79 Å². The highest BCUT2D eigenvalue weighted by Gasteiger charge is 2.41. The number of fused-ring (bicyclic) bond motifs is 2. The number of rotatable bonds is 2. The summed E-state index contributed by atoms with van der Waals surface area (Å²) in [4.78, 5) is 12.6. The van der Waals surface area contributed by atoms with Crippen molar-refractivity contribution in [1.82, 2.24) is 5.32 Å². The Hall–Kier alpha value is -0.570. The van der Waals surface area contributed by atoms with Crippen molar-refractivity contribution in [3.63, 3.8) is 0 Å². The van der Waals surface area contributed by atoms with Gasteiger partial charge in [0.1, 0.15) is 0 Å². The molecule has 2 bridgehead atoms. The van der Waals surface area contributed by atoms with Crippen LogP contribution < -0.4 is 11.1 Å². The summed E-state index contributed by atoms with van der Waals surface area (Å²) in [6, 6.07) is 0.785. The van der Waals surface area contributed by atoms with Crippen molar-refractivity contribution in [1.29, 1.82) is 0 Å². The molecule has 1 amide bonds. The van der Waals surface area contributed by atoms with E-state index in [9.17, 15) is 4.79 Å². The first-order valence-corrected chi connectivity index (χ1v) is 8.71. The third-order valence-corrected chi connectivity index (χ3v) is 6.22. The first-order valence-electron chi connectivity index (χ1n) is 8.71. The molecule has 0 aromatic rings. The molecule has 3 nitrogen and oxygen atoms in total. The van der Waals surface area contributed by atoms with Crippen molar-refractivity contribution in [2.24, 2.45) is 29.4 Å². The molecular formula is C17H30N2O. The number of carbonyl (C=O) groups is 1. The van der Waals surface area contributed by atoms with Crippen LogP contribution in [0.3, 0.4) is 0 Å². The minimum Gasteiger partial charge on any atom is -0.353 e. The van der Waals surface area contributed by atoms with Crippen molar-refractivity contribution in [2.75, 3.05) is 0 Å². The van der Waals surface area contributed by atoms with Crippen LogP contribution in [0.2, 0.25) is 0 Å². The molecule has 3 rings (SSSR count). The van der Waals surface area contributed by atoms with Crippen molar-refractivity contribution < 1.29 is 4.79 Å². The highest BCUT2D eigenvalue weighted by molar-refractivity contribution is 5.79. The predicted molar refractivity (Wildman–Crippen MR) is 81.1 cm³/mol. The van der Waals surface area contributed by atoms with Crippen molar-refractivity contribution in [2.45, 2.75) is 76.8 Å². The van der Waals surface area contributed by atoms with E-state index in [-0.39, 0.29) is 5.92 Å². The fourth-order valence-electron chi connectivity index (χ4n) is 4.83. The fraction of sp³-hybridized carbons (Fsp3) is 0.941. The molecule has 114 valence electrons. The van der Waals surface area contributed by atoms with Crippen LogP contribution in [0.15, 0.2) is 0 Å². The van der Waals surface area contributed by atoms with E-state index in [1.165, 1.54) is 44.9 Å². The Kier molecular flexibility index (Phi) is 4.34. The fourth-order valence-corrected chi connectivity index (χ4v) is 4.83. The Bertz CT molecular complexity index is 343. The summed E-state index contributed by atoms with van der Waals surface area (Å²) in [7, 11) is 0. The summed E-state index contributed by atoms with van der Waals surface area (Å²) in [5.74, 6) is 2.41. The van der Waals surface area contributed by atoms with E-state index in [1.54, 1.807) is 0 Å². The standard InChI is InChI=1S/C17H30N2O/c1-11-5-2-3-8-15(11)19-17(20)14-9-12-6-4-7-13(10-14)16(12)18/h11-16H,2-10,18H2,1H3,(H,19,20). The lowest BCUT2D eigenvalue weighted by molar-refractivity contribution is -0.129. The van der Waals surface area contributed by atoms with Crippen molar-refractivity contribution in [3.05, 3.63) is 0 Å². The molecule has 3 aliphatic carbocycles. The van der Waals surface area contributed by atoms with Gasteiger partial charge in [0, 0.05) is 18.0 Å². The lowest BCUT2D eigenvalue weighted by Crippen LogP contribution is -2.51. The summed E-state index contributed by atoms with van der Waals surface area (Å²) in [6.07, 6.45) is 10.9. The maximum absolute atomic E-state index is 12.6. The second-order valence-corrected chi connectivity index (χ2v) is 7.57. The number of hydrogen-bond donors (Lipinski definition) is 2. The zero-order chi connectivity index (χ0) is 14.1. The van der Waals surface area contributed by atoms with Gasteiger partial charge in [-0.3, -0.25) is 4.79 Å². The van der Waals surface area contributed by atoms with Crippen LogP contribution in [-0.4, -0.2) is 18.0 Å². The van der Waals surface area contributed by atoms with Gasteiger partial charge in [0.25, 0.3) is 0 Å². The molecule has 0 heterocycles. The van der Waals surface area contributed by atoms with Gasteiger partial charge in [-0.1, -0.05) is 26.2 Å². The molecule has 4 unspecified atom stereocenters. The van der Waals surface area contributed by atoms with E-state index >= 15 is 0 Å². The molecule has 0 aliphatic heterocycles. The summed E-state index contributed by atoms with van der Waals surface area (Å²) >= 11 is 0. The maximum atomic E-state index is 12.6. The van der Waals surface area contributed by atoms with Crippen LogP contribution >= 0.6 is 0 Å². The van der Waals surface area contributed by atoms with E-state index in [0.29, 0.717) is 35.7 Å². The van der Waals surface area contributed by atoms with Gasteiger partial charge in [0.05, 0.1) is 0 Å². The topological polar surface area (TPSA) is 55.1 Å². The Labute approximate surface area is 123 Å². The van der Waals surface area contributed by atoms with Gasteiger partial charge >= 0.3 is 0 Å². The first kappa shape index (κ1) is 14.4. The van der Waals surface area contributed by atoms with Crippen molar-refractivity contribution in [3.8, 4) is 0 Å². The predicted octanol–water partition coefficient (Wildman–Crippen LogP) is 2.83. The molecule has 0 radical (unpaired) electrons. The number of carbonyl (C=O) groups excluding carboxylic acids is 1. The smallest absolute Gasteiger partial charge is 0.223 e. The SMILES string of the molecule is CC1CCCCC1NC(=O)C1CC2CCCC(C1)C2N. The minimum absolute atomic E-state index is 0.235. The summed E-state index contributed by atoms with van der Waals surface area (Å²) in [6.45, 7) is 2.29. The molecular weight excluding hydrogens is 248 g/mol. The Balaban J connectivity index is 1.57.